The Morgan fingerprint density at radius 2 is 1.71 bits per heavy atom. The Bertz CT molecular complexity index is 1060. The van der Waals surface area contributed by atoms with Crippen LogP contribution in [0.3, 0.4) is 0 Å². The minimum atomic E-state index is -3.81. The molecule has 0 aliphatic rings. The summed E-state index contributed by atoms with van der Waals surface area (Å²) in [7, 11) is -3.81. The SMILES string of the molecule is O=C(CNS(=O)(=O)c1ccc(Cl)cc1)Nc1cccc(Oc2ccncc2)c1. The van der Waals surface area contributed by atoms with Crippen molar-refractivity contribution in [1.82, 2.24) is 9.71 Å². The zero-order valence-corrected chi connectivity index (χ0v) is 16.1. The van der Waals surface area contributed by atoms with Gasteiger partial charge in [0, 0.05) is 29.2 Å². The molecule has 0 bridgehead atoms. The average molecular weight is 418 g/mol. The van der Waals surface area contributed by atoms with Crippen LogP contribution in [0.25, 0.3) is 0 Å². The van der Waals surface area contributed by atoms with Crippen LogP contribution in [0.15, 0.2) is 78.0 Å². The highest BCUT2D eigenvalue weighted by Crippen LogP contribution is 2.23. The van der Waals surface area contributed by atoms with Crippen molar-refractivity contribution in [3.05, 3.63) is 78.1 Å². The predicted octanol–water partition coefficient (Wildman–Crippen LogP) is 3.44. The monoisotopic (exact) mass is 417 g/mol. The van der Waals surface area contributed by atoms with Crippen molar-refractivity contribution in [3.63, 3.8) is 0 Å². The summed E-state index contributed by atoms with van der Waals surface area (Å²) in [5, 5.41) is 3.04. The molecule has 0 saturated heterocycles. The molecule has 2 N–H and O–H groups in total. The maximum Gasteiger partial charge on any atom is 0.241 e. The molecular weight excluding hydrogens is 402 g/mol. The third-order valence-corrected chi connectivity index (χ3v) is 5.22. The summed E-state index contributed by atoms with van der Waals surface area (Å²) >= 11 is 5.75. The fourth-order valence-corrected chi connectivity index (χ4v) is 3.35. The molecule has 2 aromatic carbocycles. The minimum Gasteiger partial charge on any atom is -0.457 e. The second-order valence-electron chi connectivity index (χ2n) is 5.64. The molecule has 3 aromatic rings. The summed E-state index contributed by atoms with van der Waals surface area (Å²) in [5.41, 5.74) is 0.474. The quantitative estimate of drug-likeness (QED) is 0.613. The van der Waals surface area contributed by atoms with Gasteiger partial charge in [-0.15, -0.1) is 0 Å². The molecule has 0 saturated carbocycles. The van der Waals surface area contributed by atoms with E-state index >= 15 is 0 Å². The van der Waals surface area contributed by atoms with Crippen molar-refractivity contribution < 1.29 is 17.9 Å². The van der Waals surface area contributed by atoms with Crippen LogP contribution in [0.4, 0.5) is 5.69 Å². The molecule has 9 heteroatoms. The molecule has 28 heavy (non-hydrogen) atoms. The lowest BCUT2D eigenvalue weighted by molar-refractivity contribution is -0.115. The highest BCUT2D eigenvalue weighted by atomic mass is 35.5. The van der Waals surface area contributed by atoms with Crippen LogP contribution in [0.2, 0.25) is 5.02 Å². The van der Waals surface area contributed by atoms with Gasteiger partial charge in [0.1, 0.15) is 11.5 Å². The summed E-state index contributed by atoms with van der Waals surface area (Å²) in [6.45, 7) is -0.416. The van der Waals surface area contributed by atoms with Crippen LogP contribution in [0.1, 0.15) is 0 Å². The molecule has 0 atom stereocenters. The van der Waals surface area contributed by atoms with Crippen molar-refractivity contribution in [2.24, 2.45) is 0 Å². The van der Waals surface area contributed by atoms with E-state index in [0.717, 1.165) is 0 Å². The number of aromatic nitrogens is 1. The maximum absolute atomic E-state index is 12.2. The number of amides is 1. The van der Waals surface area contributed by atoms with Gasteiger partial charge in [-0.05, 0) is 48.5 Å². The third kappa shape index (κ3) is 5.53. The normalized spacial score (nSPS) is 11.0. The zero-order valence-electron chi connectivity index (χ0n) is 14.5. The number of benzene rings is 2. The number of nitrogens with one attached hydrogen (secondary N) is 2. The lowest BCUT2D eigenvalue weighted by Crippen LogP contribution is -2.32. The van der Waals surface area contributed by atoms with Crippen LogP contribution in [-0.2, 0) is 14.8 Å². The first kappa shape index (κ1) is 19.8. The van der Waals surface area contributed by atoms with Crippen LogP contribution >= 0.6 is 11.6 Å². The van der Waals surface area contributed by atoms with E-state index in [0.29, 0.717) is 22.2 Å². The second kappa shape index (κ2) is 8.83. The smallest absolute Gasteiger partial charge is 0.241 e. The average Bonchev–Trinajstić information content (AvgIpc) is 2.68. The van der Waals surface area contributed by atoms with Gasteiger partial charge in [0.15, 0.2) is 0 Å². The summed E-state index contributed by atoms with van der Waals surface area (Å²) in [4.78, 5) is 16.0. The third-order valence-electron chi connectivity index (χ3n) is 3.55. The van der Waals surface area contributed by atoms with E-state index in [1.54, 1.807) is 48.8 Å². The van der Waals surface area contributed by atoms with E-state index in [1.165, 1.54) is 24.3 Å². The molecule has 0 aliphatic carbocycles. The maximum atomic E-state index is 12.2. The van der Waals surface area contributed by atoms with Gasteiger partial charge in [-0.25, -0.2) is 13.1 Å². The van der Waals surface area contributed by atoms with E-state index < -0.39 is 22.5 Å². The summed E-state index contributed by atoms with van der Waals surface area (Å²) in [6.07, 6.45) is 3.21. The lowest BCUT2D eigenvalue weighted by atomic mass is 10.3. The summed E-state index contributed by atoms with van der Waals surface area (Å²) < 4.78 is 32.3. The molecule has 7 nitrogen and oxygen atoms in total. The zero-order chi connectivity index (χ0) is 20.0. The Morgan fingerprint density at radius 1 is 1.00 bits per heavy atom. The number of sulfonamides is 1. The van der Waals surface area contributed by atoms with Crippen molar-refractivity contribution in [1.29, 1.82) is 0 Å². The molecule has 0 aliphatic heterocycles. The van der Waals surface area contributed by atoms with Gasteiger partial charge in [-0.1, -0.05) is 17.7 Å². The summed E-state index contributed by atoms with van der Waals surface area (Å²) in [6, 6.07) is 15.8. The fraction of sp³-hybridized carbons (Fsp3) is 0.0526. The minimum absolute atomic E-state index is 0.0254. The number of halogens is 1. The molecule has 0 unspecified atom stereocenters. The Kier molecular flexibility index (Phi) is 6.25. The van der Waals surface area contributed by atoms with Gasteiger partial charge in [0.2, 0.25) is 15.9 Å². The van der Waals surface area contributed by atoms with Gasteiger partial charge in [0.25, 0.3) is 0 Å². The number of nitrogens with zero attached hydrogens (tertiary/aromatic N) is 1. The number of ether oxygens (including phenoxy) is 1. The van der Waals surface area contributed by atoms with Crippen molar-refractivity contribution in [2.45, 2.75) is 4.90 Å². The molecule has 0 spiro atoms. The van der Waals surface area contributed by atoms with Crippen molar-refractivity contribution >= 4 is 33.2 Å². The molecule has 144 valence electrons. The van der Waals surface area contributed by atoms with E-state index in [1.807, 2.05) is 0 Å². The van der Waals surface area contributed by atoms with Gasteiger partial charge in [0.05, 0.1) is 11.4 Å². The Labute approximate surface area is 167 Å². The number of rotatable bonds is 7. The number of pyridine rings is 1. The molecule has 1 heterocycles. The fourth-order valence-electron chi connectivity index (χ4n) is 2.24. The molecular formula is C19H16ClN3O4S. The van der Waals surface area contributed by atoms with Crippen LogP contribution in [0.5, 0.6) is 11.5 Å². The number of carbonyl (C=O) groups excluding carboxylic acids is 1. The standard InChI is InChI=1S/C19H16ClN3O4S/c20-14-4-6-18(7-5-14)28(25,26)22-13-19(24)23-15-2-1-3-17(12-15)27-16-8-10-21-11-9-16/h1-12,22H,13H2,(H,23,24). The molecule has 0 fully saturated rings. The van der Waals surface area contributed by atoms with Crippen molar-refractivity contribution in [2.75, 3.05) is 11.9 Å². The van der Waals surface area contributed by atoms with E-state index in [-0.39, 0.29) is 4.90 Å². The first-order chi connectivity index (χ1) is 13.4. The molecule has 1 amide bonds. The highest BCUT2D eigenvalue weighted by Gasteiger charge is 2.15. The molecule has 0 radical (unpaired) electrons. The van der Waals surface area contributed by atoms with E-state index in [4.69, 9.17) is 16.3 Å². The number of carbonyl (C=O) groups is 1. The van der Waals surface area contributed by atoms with Crippen LogP contribution in [-0.4, -0.2) is 25.9 Å². The summed E-state index contributed by atoms with van der Waals surface area (Å²) in [5.74, 6) is 0.610. The molecule has 1 aromatic heterocycles. The molecule has 3 rings (SSSR count). The topological polar surface area (TPSA) is 97.4 Å². The van der Waals surface area contributed by atoms with E-state index in [9.17, 15) is 13.2 Å². The van der Waals surface area contributed by atoms with Gasteiger partial charge in [-0.3, -0.25) is 9.78 Å². The van der Waals surface area contributed by atoms with Crippen LogP contribution in [0, 0.1) is 0 Å². The first-order valence-electron chi connectivity index (χ1n) is 8.15. The van der Waals surface area contributed by atoms with Gasteiger partial charge >= 0.3 is 0 Å². The lowest BCUT2D eigenvalue weighted by Gasteiger charge is -2.10. The van der Waals surface area contributed by atoms with Gasteiger partial charge in [-0.2, -0.15) is 0 Å². The second-order valence-corrected chi connectivity index (χ2v) is 7.84. The Balaban J connectivity index is 1.59. The van der Waals surface area contributed by atoms with Crippen molar-refractivity contribution in [3.8, 4) is 11.5 Å². The van der Waals surface area contributed by atoms with Crippen LogP contribution < -0.4 is 14.8 Å². The number of hydrogen-bond acceptors (Lipinski definition) is 5. The van der Waals surface area contributed by atoms with Gasteiger partial charge < -0.3 is 10.1 Å². The highest BCUT2D eigenvalue weighted by molar-refractivity contribution is 7.89. The number of anilines is 1. The predicted molar refractivity (Wildman–Crippen MR) is 106 cm³/mol. The van der Waals surface area contributed by atoms with E-state index in [2.05, 4.69) is 15.0 Å². The Hall–Kier alpha value is -2.94. The number of hydrogen-bond donors (Lipinski definition) is 2. The Morgan fingerprint density at radius 3 is 2.43 bits per heavy atom. The largest absolute Gasteiger partial charge is 0.457 e. The first-order valence-corrected chi connectivity index (χ1v) is 10.0.